The van der Waals surface area contributed by atoms with Crippen LogP contribution in [0.4, 0.5) is 0 Å². The van der Waals surface area contributed by atoms with Gasteiger partial charge in [0.1, 0.15) is 0 Å². The summed E-state index contributed by atoms with van der Waals surface area (Å²) >= 11 is 1.75. The highest BCUT2D eigenvalue weighted by Crippen LogP contribution is 2.19. The standard InChI is InChI=1S/C18H30N4S.HI/c1-3-19-18(21-13-11-16-8-5-4-6-9-16)20-12-7-10-17-22-15(2)14-23-17;/h8,14H,3-7,9-13H2,1-2H3,(H2,19,20,21);1H. The molecule has 0 spiro atoms. The number of aliphatic imine (C=N–C) groups is 1. The van der Waals surface area contributed by atoms with Gasteiger partial charge in [-0.1, -0.05) is 11.6 Å². The van der Waals surface area contributed by atoms with Crippen LogP contribution in [0.5, 0.6) is 0 Å². The highest BCUT2D eigenvalue weighted by molar-refractivity contribution is 14.0. The van der Waals surface area contributed by atoms with Gasteiger partial charge in [0.2, 0.25) is 0 Å². The van der Waals surface area contributed by atoms with Gasteiger partial charge in [-0.3, -0.25) is 4.99 Å². The normalized spacial score (nSPS) is 14.8. The zero-order valence-corrected chi connectivity index (χ0v) is 18.1. The SMILES string of the molecule is CCNC(=NCCCc1nc(C)cs1)NCCC1=CCCCC1.I. The van der Waals surface area contributed by atoms with Crippen LogP contribution < -0.4 is 10.6 Å². The fourth-order valence-electron chi connectivity index (χ4n) is 2.75. The molecule has 0 amide bonds. The molecule has 1 heterocycles. The van der Waals surface area contributed by atoms with Crippen LogP contribution in [0.1, 0.15) is 56.2 Å². The zero-order chi connectivity index (χ0) is 16.3. The molecule has 0 bridgehead atoms. The molecule has 24 heavy (non-hydrogen) atoms. The second-order valence-corrected chi connectivity index (χ2v) is 6.97. The van der Waals surface area contributed by atoms with Crippen LogP contribution in [-0.4, -0.2) is 30.6 Å². The third-order valence-corrected chi connectivity index (χ3v) is 4.98. The lowest BCUT2D eigenvalue weighted by molar-refractivity contribution is 0.665. The summed E-state index contributed by atoms with van der Waals surface area (Å²) in [6.45, 7) is 6.88. The smallest absolute Gasteiger partial charge is 0.191 e. The minimum Gasteiger partial charge on any atom is -0.357 e. The fourth-order valence-corrected chi connectivity index (χ4v) is 3.57. The van der Waals surface area contributed by atoms with E-state index in [4.69, 9.17) is 0 Å². The summed E-state index contributed by atoms with van der Waals surface area (Å²) in [4.78, 5) is 9.17. The summed E-state index contributed by atoms with van der Waals surface area (Å²) in [5.41, 5.74) is 2.74. The van der Waals surface area contributed by atoms with Crippen molar-refractivity contribution in [1.82, 2.24) is 15.6 Å². The van der Waals surface area contributed by atoms with Crippen molar-refractivity contribution in [3.8, 4) is 0 Å². The first-order valence-electron chi connectivity index (χ1n) is 8.89. The van der Waals surface area contributed by atoms with E-state index in [0.717, 1.165) is 50.6 Å². The van der Waals surface area contributed by atoms with Gasteiger partial charge in [0, 0.05) is 37.1 Å². The maximum atomic E-state index is 4.67. The Kier molecular flexibility index (Phi) is 11.3. The van der Waals surface area contributed by atoms with Gasteiger partial charge in [-0.25, -0.2) is 4.98 Å². The maximum Gasteiger partial charge on any atom is 0.191 e. The third-order valence-electron chi connectivity index (χ3n) is 3.95. The molecule has 0 atom stereocenters. The van der Waals surface area contributed by atoms with Gasteiger partial charge in [-0.2, -0.15) is 0 Å². The van der Waals surface area contributed by atoms with E-state index in [1.165, 1.54) is 30.7 Å². The van der Waals surface area contributed by atoms with E-state index in [1.54, 1.807) is 16.9 Å². The molecular formula is C18H31IN4S. The van der Waals surface area contributed by atoms with E-state index in [-0.39, 0.29) is 24.0 Å². The first-order chi connectivity index (χ1) is 11.3. The number of aromatic nitrogens is 1. The van der Waals surface area contributed by atoms with E-state index in [2.05, 4.69) is 39.0 Å². The molecule has 0 radical (unpaired) electrons. The van der Waals surface area contributed by atoms with Crippen molar-refractivity contribution in [2.24, 2.45) is 4.99 Å². The van der Waals surface area contributed by atoms with Crippen LogP contribution in [0.25, 0.3) is 0 Å². The van der Waals surface area contributed by atoms with Gasteiger partial charge < -0.3 is 10.6 Å². The molecule has 1 aliphatic carbocycles. The number of guanidine groups is 1. The summed E-state index contributed by atoms with van der Waals surface area (Å²) in [7, 11) is 0. The van der Waals surface area contributed by atoms with Crippen molar-refractivity contribution in [3.05, 3.63) is 27.7 Å². The number of halogens is 1. The molecule has 0 fully saturated rings. The Balaban J connectivity index is 0.00000288. The molecule has 6 heteroatoms. The Hall–Kier alpha value is -0.630. The van der Waals surface area contributed by atoms with Crippen molar-refractivity contribution < 1.29 is 0 Å². The van der Waals surface area contributed by atoms with Gasteiger partial charge in [0.15, 0.2) is 5.96 Å². The van der Waals surface area contributed by atoms with E-state index in [9.17, 15) is 0 Å². The summed E-state index contributed by atoms with van der Waals surface area (Å²) in [5.74, 6) is 0.944. The molecule has 1 aromatic heterocycles. The third kappa shape index (κ3) is 8.46. The highest BCUT2D eigenvalue weighted by atomic mass is 127. The van der Waals surface area contributed by atoms with Crippen molar-refractivity contribution in [2.45, 2.75) is 58.8 Å². The van der Waals surface area contributed by atoms with Crippen molar-refractivity contribution in [2.75, 3.05) is 19.6 Å². The number of nitrogens with zero attached hydrogens (tertiary/aromatic N) is 2. The van der Waals surface area contributed by atoms with Gasteiger partial charge in [-0.15, -0.1) is 35.3 Å². The molecule has 0 aromatic carbocycles. The molecule has 4 nitrogen and oxygen atoms in total. The van der Waals surface area contributed by atoms with Crippen LogP contribution in [0.3, 0.4) is 0 Å². The lowest BCUT2D eigenvalue weighted by Gasteiger charge is -2.15. The summed E-state index contributed by atoms with van der Waals surface area (Å²) in [6.07, 6.45) is 10.9. The molecule has 1 aromatic rings. The minimum atomic E-state index is 0. The van der Waals surface area contributed by atoms with Crippen LogP contribution in [-0.2, 0) is 6.42 Å². The van der Waals surface area contributed by atoms with Crippen LogP contribution in [0.15, 0.2) is 22.0 Å². The average Bonchev–Trinajstić information content (AvgIpc) is 2.98. The lowest BCUT2D eigenvalue weighted by Crippen LogP contribution is -2.38. The number of aryl methyl sites for hydroxylation is 2. The van der Waals surface area contributed by atoms with Crippen LogP contribution >= 0.6 is 35.3 Å². The number of thiazole rings is 1. The first kappa shape index (κ1) is 21.4. The Labute approximate surface area is 167 Å². The Morgan fingerprint density at radius 2 is 2.17 bits per heavy atom. The van der Waals surface area contributed by atoms with Gasteiger partial charge >= 0.3 is 0 Å². The number of hydrogen-bond donors (Lipinski definition) is 2. The average molecular weight is 462 g/mol. The summed E-state index contributed by atoms with van der Waals surface area (Å²) in [6, 6.07) is 0. The highest BCUT2D eigenvalue weighted by Gasteiger charge is 2.04. The van der Waals surface area contributed by atoms with Crippen molar-refractivity contribution in [3.63, 3.8) is 0 Å². The van der Waals surface area contributed by atoms with E-state index < -0.39 is 0 Å². The van der Waals surface area contributed by atoms with Crippen molar-refractivity contribution >= 4 is 41.3 Å². The van der Waals surface area contributed by atoms with Gasteiger partial charge in [-0.05, 0) is 52.4 Å². The molecule has 2 rings (SSSR count). The Bertz CT molecular complexity index is 525. The second kappa shape index (κ2) is 12.7. The van der Waals surface area contributed by atoms with E-state index in [1.807, 2.05) is 6.92 Å². The number of nitrogens with one attached hydrogen (secondary N) is 2. The van der Waals surface area contributed by atoms with Crippen molar-refractivity contribution in [1.29, 1.82) is 0 Å². The molecule has 1 aliphatic rings. The molecule has 0 unspecified atom stereocenters. The van der Waals surface area contributed by atoms with Gasteiger partial charge in [0.25, 0.3) is 0 Å². The quantitative estimate of drug-likeness (QED) is 0.197. The summed E-state index contributed by atoms with van der Waals surface area (Å²) in [5, 5.41) is 10.1. The molecular weight excluding hydrogens is 431 g/mol. The lowest BCUT2D eigenvalue weighted by atomic mass is 9.97. The van der Waals surface area contributed by atoms with Gasteiger partial charge in [0.05, 0.1) is 5.01 Å². The topological polar surface area (TPSA) is 49.3 Å². The van der Waals surface area contributed by atoms with Crippen LogP contribution in [0.2, 0.25) is 0 Å². The minimum absolute atomic E-state index is 0. The fraction of sp³-hybridized carbons (Fsp3) is 0.667. The molecule has 0 saturated heterocycles. The Morgan fingerprint density at radius 1 is 1.29 bits per heavy atom. The second-order valence-electron chi connectivity index (χ2n) is 6.03. The predicted octanol–water partition coefficient (Wildman–Crippen LogP) is 4.45. The predicted molar refractivity (Wildman–Crippen MR) is 116 cm³/mol. The first-order valence-corrected chi connectivity index (χ1v) is 9.77. The monoisotopic (exact) mass is 462 g/mol. The molecule has 136 valence electrons. The molecule has 0 aliphatic heterocycles. The molecule has 0 saturated carbocycles. The largest absolute Gasteiger partial charge is 0.357 e. The van der Waals surface area contributed by atoms with E-state index in [0.29, 0.717) is 0 Å². The number of allylic oxidation sites excluding steroid dienone is 1. The molecule has 2 N–H and O–H groups in total. The van der Waals surface area contributed by atoms with Crippen LogP contribution in [0, 0.1) is 6.92 Å². The number of hydrogen-bond acceptors (Lipinski definition) is 3. The Morgan fingerprint density at radius 3 is 2.83 bits per heavy atom. The maximum absolute atomic E-state index is 4.67. The summed E-state index contributed by atoms with van der Waals surface area (Å²) < 4.78 is 0. The zero-order valence-electron chi connectivity index (χ0n) is 14.9. The van der Waals surface area contributed by atoms with E-state index >= 15 is 0 Å². The number of rotatable bonds is 8.